The second-order valence-electron chi connectivity index (χ2n) is 6.96. The second-order valence-corrected chi connectivity index (χ2v) is 6.96. The molecule has 0 spiro atoms. The summed E-state index contributed by atoms with van der Waals surface area (Å²) in [7, 11) is 3.52. The summed E-state index contributed by atoms with van der Waals surface area (Å²) in [6.45, 7) is 4.34. The fourth-order valence-corrected chi connectivity index (χ4v) is 2.99. The van der Waals surface area contributed by atoms with E-state index in [9.17, 15) is 4.79 Å². The van der Waals surface area contributed by atoms with Crippen molar-refractivity contribution in [2.24, 2.45) is 4.99 Å². The van der Waals surface area contributed by atoms with Crippen molar-refractivity contribution in [3.63, 3.8) is 0 Å². The van der Waals surface area contributed by atoms with Crippen LogP contribution in [0, 0.1) is 0 Å². The quantitative estimate of drug-likeness (QED) is 0.555. The molecule has 0 fully saturated rings. The zero-order valence-corrected chi connectivity index (χ0v) is 17.2. The first-order valence-electron chi connectivity index (χ1n) is 9.78. The molecule has 0 aliphatic carbocycles. The Kier molecular flexibility index (Phi) is 6.94. The summed E-state index contributed by atoms with van der Waals surface area (Å²) in [5.74, 6) is 2.31. The molecule has 1 amide bonds. The van der Waals surface area contributed by atoms with Crippen LogP contribution in [0.15, 0.2) is 47.5 Å². The van der Waals surface area contributed by atoms with Gasteiger partial charge in [-0.25, -0.2) is 4.99 Å². The molecular weight excluding hydrogens is 368 g/mol. The molecule has 7 heteroatoms. The zero-order chi connectivity index (χ0) is 20.6. The highest BCUT2D eigenvalue weighted by Crippen LogP contribution is 2.32. The number of rotatable bonds is 7. The molecule has 2 aromatic carbocycles. The van der Waals surface area contributed by atoms with Crippen LogP contribution in [0.4, 0.5) is 0 Å². The number of nitrogens with one attached hydrogen (secondary N) is 2. The van der Waals surface area contributed by atoms with E-state index in [2.05, 4.69) is 15.6 Å². The molecule has 0 aromatic heterocycles. The van der Waals surface area contributed by atoms with Crippen LogP contribution in [0.3, 0.4) is 0 Å². The van der Waals surface area contributed by atoms with Crippen LogP contribution < -0.4 is 20.1 Å². The van der Waals surface area contributed by atoms with Gasteiger partial charge in [0.05, 0.1) is 6.54 Å². The molecule has 0 atom stereocenters. The summed E-state index contributed by atoms with van der Waals surface area (Å²) in [5, 5.41) is 6.61. The molecule has 1 heterocycles. The van der Waals surface area contributed by atoms with Gasteiger partial charge in [0.1, 0.15) is 0 Å². The molecule has 0 saturated carbocycles. The number of hydrogen-bond acceptors (Lipinski definition) is 4. The minimum atomic E-state index is 0.0124. The Morgan fingerprint density at radius 1 is 1.07 bits per heavy atom. The standard InChI is InChI=1S/C22H28N4O3/c1-4-23-22(25-14-17-8-9-19-20(13-17)29-15-28-19)24-11-10-16-6-5-7-18(12-16)21(27)26(2)3/h5-9,12-13H,4,10-11,14-15H2,1-3H3,(H2,23,24,25). The number of benzene rings is 2. The number of aliphatic imine (C=N–C) groups is 1. The van der Waals surface area contributed by atoms with Crippen LogP contribution in [-0.4, -0.2) is 50.7 Å². The number of guanidine groups is 1. The van der Waals surface area contributed by atoms with E-state index in [1.54, 1.807) is 19.0 Å². The number of carbonyl (C=O) groups excluding carboxylic acids is 1. The summed E-state index contributed by atoms with van der Waals surface area (Å²) in [4.78, 5) is 18.4. The van der Waals surface area contributed by atoms with Gasteiger partial charge in [-0.3, -0.25) is 4.79 Å². The number of hydrogen-bond donors (Lipinski definition) is 2. The lowest BCUT2D eigenvalue weighted by Crippen LogP contribution is -2.38. The van der Waals surface area contributed by atoms with Gasteiger partial charge in [-0.2, -0.15) is 0 Å². The van der Waals surface area contributed by atoms with Gasteiger partial charge in [-0.15, -0.1) is 0 Å². The van der Waals surface area contributed by atoms with Gasteiger partial charge in [0.25, 0.3) is 5.91 Å². The summed E-state index contributed by atoms with van der Waals surface area (Å²) < 4.78 is 10.8. The molecule has 1 aliphatic rings. The Hall–Kier alpha value is -3.22. The van der Waals surface area contributed by atoms with Gasteiger partial charge in [0.15, 0.2) is 17.5 Å². The molecule has 7 nitrogen and oxygen atoms in total. The molecule has 0 radical (unpaired) electrons. The van der Waals surface area contributed by atoms with Gasteiger partial charge in [-0.05, 0) is 48.7 Å². The third-order valence-electron chi connectivity index (χ3n) is 4.49. The minimum Gasteiger partial charge on any atom is -0.454 e. The fraction of sp³-hybridized carbons (Fsp3) is 0.364. The minimum absolute atomic E-state index is 0.0124. The first-order chi connectivity index (χ1) is 14.1. The van der Waals surface area contributed by atoms with Crippen LogP contribution in [-0.2, 0) is 13.0 Å². The Morgan fingerprint density at radius 3 is 2.69 bits per heavy atom. The number of carbonyl (C=O) groups is 1. The van der Waals surface area contributed by atoms with E-state index >= 15 is 0 Å². The van der Waals surface area contributed by atoms with Crippen molar-refractivity contribution in [1.82, 2.24) is 15.5 Å². The molecule has 154 valence electrons. The molecular formula is C22H28N4O3. The molecule has 1 aliphatic heterocycles. The molecule has 2 aromatic rings. The Labute approximate surface area is 171 Å². The average Bonchev–Trinajstić information content (AvgIpc) is 3.19. The molecule has 2 N–H and O–H groups in total. The highest BCUT2D eigenvalue weighted by molar-refractivity contribution is 5.94. The van der Waals surface area contributed by atoms with Gasteiger partial charge in [0.2, 0.25) is 6.79 Å². The van der Waals surface area contributed by atoms with Crippen molar-refractivity contribution < 1.29 is 14.3 Å². The van der Waals surface area contributed by atoms with E-state index in [-0.39, 0.29) is 12.7 Å². The van der Waals surface area contributed by atoms with Gasteiger partial charge >= 0.3 is 0 Å². The van der Waals surface area contributed by atoms with Crippen molar-refractivity contribution in [3.05, 3.63) is 59.2 Å². The van der Waals surface area contributed by atoms with Gasteiger partial charge in [0, 0.05) is 32.7 Å². The number of amides is 1. The monoisotopic (exact) mass is 396 g/mol. The van der Waals surface area contributed by atoms with E-state index in [1.165, 1.54) is 0 Å². The van der Waals surface area contributed by atoms with E-state index in [4.69, 9.17) is 9.47 Å². The maximum absolute atomic E-state index is 12.1. The number of fused-ring (bicyclic) bond motifs is 1. The lowest BCUT2D eigenvalue weighted by Gasteiger charge is -2.13. The molecule has 29 heavy (non-hydrogen) atoms. The maximum atomic E-state index is 12.1. The van der Waals surface area contributed by atoms with E-state index in [0.717, 1.165) is 41.6 Å². The van der Waals surface area contributed by atoms with Crippen molar-refractivity contribution >= 4 is 11.9 Å². The number of ether oxygens (including phenoxy) is 2. The summed E-state index contributed by atoms with van der Waals surface area (Å²) >= 11 is 0. The molecule has 0 unspecified atom stereocenters. The first kappa shape index (κ1) is 20.5. The summed E-state index contributed by atoms with van der Waals surface area (Å²) in [5.41, 5.74) is 2.87. The largest absolute Gasteiger partial charge is 0.454 e. The third kappa shape index (κ3) is 5.63. The second kappa shape index (κ2) is 9.82. The lowest BCUT2D eigenvalue weighted by atomic mass is 10.1. The zero-order valence-electron chi connectivity index (χ0n) is 17.2. The fourth-order valence-electron chi connectivity index (χ4n) is 2.99. The van der Waals surface area contributed by atoms with Crippen molar-refractivity contribution in [3.8, 4) is 11.5 Å². The Balaban J connectivity index is 1.56. The SMILES string of the molecule is CCNC(=NCc1ccc2c(c1)OCO2)NCCc1cccc(C(=O)N(C)C)c1. The highest BCUT2D eigenvalue weighted by atomic mass is 16.7. The predicted octanol–water partition coefficient (Wildman–Crippen LogP) is 2.41. The van der Waals surface area contributed by atoms with E-state index in [0.29, 0.717) is 18.7 Å². The Bertz CT molecular complexity index is 880. The normalized spacial score (nSPS) is 12.6. The third-order valence-corrected chi connectivity index (χ3v) is 4.49. The summed E-state index contributed by atoms with van der Waals surface area (Å²) in [6.07, 6.45) is 0.795. The molecule has 0 bridgehead atoms. The maximum Gasteiger partial charge on any atom is 0.253 e. The van der Waals surface area contributed by atoms with Crippen LogP contribution in [0.5, 0.6) is 11.5 Å². The van der Waals surface area contributed by atoms with Crippen LogP contribution >= 0.6 is 0 Å². The van der Waals surface area contributed by atoms with Gasteiger partial charge < -0.3 is 25.0 Å². The first-order valence-corrected chi connectivity index (χ1v) is 9.78. The van der Waals surface area contributed by atoms with Crippen molar-refractivity contribution in [2.75, 3.05) is 34.0 Å². The van der Waals surface area contributed by atoms with Crippen LogP contribution in [0.25, 0.3) is 0 Å². The number of nitrogens with zero attached hydrogens (tertiary/aromatic N) is 2. The van der Waals surface area contributed by atoms with Crippen molar-refractivity contribution in [2.45, 2.75) is 19.9 Å². The lowest BCUT2D eigenvalue weighted by molar-refractivity contribution is 0.0827. The van der Waals surface area contributed by atoms with E-state index in [1.807, 2.05) is 49.4 Å². The highest BCUT2D eigenvalue weighted by Gasteiger charge is 2.13. The topological polar surface area (TPSA) is 75.2 Å². The predicted molar refractivity (Wildman–Crippen MR) is 114 cm³/mol. The van der Waals surface area contributed by atoms with E-state index < -0.39 is 0 Å². The van der Waals surface area contributed by atoms with Crippen molar-refractivity contribution in [1.29, 1.82) is 0 Å². The summed E-state index contributed by atoms with van der Waals surface area (Å²) in [6, 6.07) is 13.6. The molecule has 3 rings (SSSR count). The van der Waals surface area contributed by atoms with Crippen LogP contribution in [0.1, 0.15) is 28.4 Å². The smallest absolute Gasteiger partial charge is 0.253 e. The average molecular weight is 396 g/mol. The molecule has 0 saturated heterocycles. The van der Waals surface area contributed by atoms with Crippen LogP contribution in [0.2, 0.25) is 0 Å². The Morgan fingerprint density at radius 2 is 1.90 bits per heavy atom. The van der Waals surface area contributed by atoms with Gasteiger partial charge in [-0.1, -0.05) is 18.2 Å².